The number of aromatic nitrogens is 3. The number of pyridine rings is 1. The average molecular weight is 457 g/mol. The highest BCUT2D eigenvalue weighted by Gasteiger charge is 2.17. The minimum atomic E-state index is -0.234. The molecule has 0 saturated carbocycles. The summed E-state index contributed by atoms with van der Waals surface area (Å²) in [5.41, 5.74) is 2.57. The van der Waals surface area contributed by atoms with E-state index in [1.165, 1.54) is 4.88 Å². The van der Waals surface area contributed by atoms with Crippen LogP contribution in [-0.2, 0) is 6.54 Å². The highest BCUT2D eigenvalue weighted by Crippen LogP contribution is 2.29. The van der Waals surface area contributed by atoms with E-state index in [1.807, 2.05) is 35.2 Å². The number of carbonyl (C=O) groups excluding carboxylic acids is 1. The lowest BCUT2D eigenvalue weighted by Crippen LogP contribution is -2.14. The molecule has 1 aromatic carbocycles. The van der Waals surface area contributed by atoms with E-state index in [0.717, 1.165) is 10.2 Å². The Bertz CT molecular complexity index is 1150. The highest BCUT2D eigenvalue weighted by atomic mass is 79.9. The van der Waals surface area contributed by atoms with E-state index in [2.05, 4.69) is 37.4 Å². The number of hydrogen-bond donors (Lipinski definition) is 1. The number of nitrogens with one attached hydrogen (secondary N) is 1. The van der Waals surface area contributed by atoms with Crippen LogP contribution in [0, 0.1) is 6.92 Å². The average Bonchev–Trinajstić information content (AvgIpc) is 3.32. The molecule has 0 radical (unpaired) electrons. The van der Waals surface area contributed by atoms with Crippen molar-refractivity contribution >= 4 is 49.9 Å². The van der Waals surface area contributed by atoms with Gasteiger partial charge in [-0.05, 0) is 42.6 Å². The molecule has 4 aromatic rings. The topological polar surface area (TPSA) is 69.0 Å². The van der Waals surface area contributed by atoms with Crippen LogP contribution in [0.2, 0.25) is 0 Å². The number of nitrogens with zero attached hydrogens (tertiary/aromatic N) is 3. The van der Waals surface area contributed by atoms with Crippen molar-refractivity contribution in [3.63, 3.8) is 0 Å². The van der Waals surface area contributed by atoms with Crippen molar-refractivity contribution < 1.29 is 9.53 Å². The van der Waals surface area contributed by atoms with Crippen molar-refractivity contribution in [2.75, 3.05) is 12.4 Å². The van der Waals surface area contributed by atoms with Crippen LogP contribution in [0.25, 0.3) is 11.0 Å². The van der Waals surface area contributed by atoms with Gasteiger partial charge in [-0.15, -0.1) is 11.3 Å². The zero-order valence-corrected chi connectivity index (χ0v) is 17.7. The summed E-state index contributed by atoms with van der Waals surface area (Å²) in [6.07, 6.45) is 1.70. The molecular formula is C20H17BrN4O2S. The standard InChI is InChI=1S/C20H17BrN4O2S/c1-12-8-15(20(26)24-17-9-13(21)5-6-18(17)27-2)16-10-22-25(19(16)23-12)11-14-4-3-7-28-14/h3-10H,11H2,1-2H3,(H,24,26). The fourth-order valence-corrected chi connectivity index (χ4v) is 4.04. The van der Waals surface area contributed by atoms with Crippen LogP contribution in [-0.4, -0.2) is 27.8 Å². The molecule has 28 heavy (non-hydrogen) atoms. The van der Waals surface area contributed by atoms with Gasteiger partial charge in [0.1, 0.15) is 5.75 Å². The first-order valence-corrected chi connectivity index (χ1v) is 10.2. The number of halogens is 1. The van der Waals surface area contributed by atoms with Gasteiger partial charge < -0.3 is 10.1 Å². The van der Waals surface area contributed by atoms with E-state index in [9.17, 15) is 4.79 Å². The number of methoxy groups -OCH3 is 1. The Morgan fingerprint density at radius 1 is 1.32 bits per heavy atom. The summed E-state index contributed by atoms with van der Waals surface area (Å²) in [7, 11) is 1.57. The zero-order valence-electron chi connectivity index (χ0n) is 15.3. The van der Waals surface area contributed by atoms with Crippen molar-refractivity contribution in [1.82, 2.24) is 14.8 Å². The maximum atomic E-state index is 13.0. The molecule has 8 heteroatoms. The maximum Gasteiger partial charge on any atom is 0.256 e. The van der Waals surface area contributed by atoms with E-state index < -0.39 is 0 Å². The molecule has 1 N–H and O–H groups in total. The third-order valence-electron chi connectivity index (χ3n) is 4.28. The van der Waals surface area contributed by atoms with Crippen LogP contribution >= 0.6 is 27.3 Å². The summed E-state index contributed by atoms with van der Waals surface area (Å²) in [4.78, 5) is 18.8. The number of amides is 1. The third kappa shape index (κ3) is 3.65. The molecule has 3 aromatic heterocycles. The second kappa shape index (κ2) is 7.73. The SMILES string of the molecule is COc1ccc(Br)cc1NC(=O)c1cc(C)nc2c1cnn2Cc1cccs1. The molecule has 0 aliphatic heterocycles. The number of fused-ring (bicyclic) bond motifs is 1. The van der Waals surface area contributed by atoms with Gasteiger partial charge in [-0.2, -0.15) is 5.10 Å². The number of benzene rings is 1. The molecule has 4 rings (SSSR count). The minimum Gasteiger partial charge on any atom is -0.495 e. The lowest BCUT2D eigenvalue weighted by molar-refractivity contribution is 0.102. The van der Waals surface area contributed by atoms with Gasteiger partial charge in [-0.3, -0.25) is 4.79 Å². The smallest absolute Gasteiger partial charge is 0.256 e. The van der Waals surface area contributed by atoms with Gasteiger partial charge in [0.15, 0.2) is 5.65 Å². The van der Waals surface area contributed by atoms with Crippen molar-refractivity contribution in [2.24, 2.45) is 0 Å². The summed E-state index contributed by atoms with van der Waals surface area (Å²) in [6.45, 7) is 2.50. The van der Waals surface area contributed by atoms with Gasteiger partial charge in [0, 0.05) is 15.0 Å². The second-order valence-corrected chi connectivity index (χ2v) is 8.18. The Hall–Kier alpha value is -2.71. The van der Waals surface area contributed by atoms with Gasteiger partial charge in [0.2, 0.25) is 0 Å². The third-order valence-corrected chi connectivity index (χ3v) is 5.63. The first-order chi connectivity index (χ1) is 13.5. The Morgan fingerprint density at radius 3 is 2.93 bits per heavy atom. The monoisotopic (exact) mass is 456 g/mol. The van der Waals surface area contributed by atoms with E-state index >= 15 is 0 Å². The lowest BCUT2D eigenvalue weighted by Gasteiger charge is -2.11. The van der Waals surface area contributed by atoms with E-state index in [-0.39, 0.29) is 5.91 Å². The van der Waals surface area contributed by atoms with Crippen LogP contribution < -0.4 is 10.1 Å². The predicted octanol–water partition coefficient (Wildman–Crippen LogP) is 4.87. The normalized spacial score (nSPS) is 11.0. The Labute approximate surface area is 174 Å². The first-order valence-electron chi connectivity index (χ1n) is 8.55. The first kappa shape index (κ1) is 18.6. The van der Waals surface area contributed by atoms with Gasteiger partial charge >= 0.3 is 0 Å². The molecule has 0 bridgehead atoms. The maximum absolute atomic E-state index is 13.0. The van der Waals surface area contributed by atoms with Gasteiger partial charge in [-0.25, -0.2) is 9.67 Å². The fourth-order valence-electron chi connectivity index (χ4n) is 2.99. The van der Waals surface area contributed by atoms with Crippen molar-refractivity contribution in [2.45, 2.75) is 13.5 Å². The van der Waals surface area contributed by atoms with Gasteiger partial charge in [-0.1, -0.05) is 22.0 Å². The zero-order chi connectivity index (χ0) is 19.7. The number of hydrogen-bond acceptors (Lipinski definition) is 5. The number of rotatable bonds is 5. The summed E-state index contributed by atoms with van der Waals surface area (Å²) in [6, 6.07) is 11.3. The van der Waals surface area contributed by atoms with Crippen LogP contribution in [0.15, 0.2) is 52.4 Å². The Kier molecular flexibility index (Phi) is 5.15. The Morgan fingerprint density at radius 2 is 2.18 bits per heavy atom. The van der Waals surface area contributed by atoms with Crippen LogP contribution in [0.3, 0.4) is 0 Å². The lowest BCUT2D eigenvalue weighted by atomic mass is 10.1. The number of thiophene rings is 1. The molecule has 0 spiro atoms. The van der Waals surface area contributed by atoms with Crippen LogP contribution in [0.5, 0.6) is 5.75 Å². The number of ether oxygens (including phenoxy) is 1. The molecule has 0 unspecified atom stereocenters. The van der Waals surface area contributed by atoms with E-state index in [4.69, 9.17) is 4.74 Å². The molecule has 1 amide bonds. The summed E-state index contributed by atoms with van der Waals surface area (Å²) in [5, 5.41) is 10.1. The van der Waals surface area contributed by atoms with Crippen molar-refractivity contribution in [3.05, 3.63) is 68.6 Å². The summed E-state index contributed by atoms with van der Waals surface area (Å²) < 4.78 is 8.02. The number of aryl methyl sites for hydroxylation is 1. The Balaban J connectivity index is 1.71. The van der Waals surface area contributed by atoms with Crippen molar-refractivity contribution in [3.8, 4) is 5.75 Å². The van der Waals surface area contributed by atoms with Crippen LogP contribution in [0.1, 0.15) is 20.9 Å². The van der Waals surface area contributed by atoms with Crippen molar-refractivity contribution in [1.29, 1.82) is 0 Å². The molecule has 6 nitrogen and oxygen atoms in total. The molecule has 0 fully saturated rings. The molecule has 142 valence electrons. The highest BCUT2D eigenvalue weighted by molar-refractivity contribution is 9.10. The molecule has 0 atom stereocenters. The molecule has 3 heterocycles. The molecule has 0 aliphatic rings. The second-order valence-electron chi connectivity index (χ2n) is 6.23. The minimum absolute atomic E-state index is 0.234. The summed E-state index contributed by atoms with van der Waals surface area (Å²) in [5.74, 6) is 0.356. The predicted molar refractivity (Wildman–Crippen MR) is 114 cm³/mol. The van der Waals surface area contributed by atoms with E-state index in [0.29, 0.717) is 34.6 Å². The quantitative estimate of drug-likeness (QED) is 0.464. The number of anilines is 1. The number of carbonyl (C=O) groups is 1. The largest absolute Gasteiger partial charge is 0.495 e. The van der Waals surface area contributed by atoms with Gasteiger partial charge in [0.25, 0.3) is 5.91 Å². The fraction of sp³-hybridized carbons (Fsp3) is 0.150. The molecule has 0 saturated heterocycles. The van der Waals surface area contributed by atoms with Gasteiger partial charge in [0.05, 0.1) is 36.5 Å². The molecule has 0 aliphatic carbocycles. The van der Waals surface area contributed by atoms with Crippen LogP contribution in [0.4, 0.5) is 5.69 Å². The van der Waals surface area contributed by atoms with E-state index in [1.54, 1.807) is 36.8 Å². The summed E-state index contributed by atoms with van der Waals surface area (Å²) >= 11 is 5.09. The molecular weight excluding hydrogens is 440 g/mol.